The van der Waals surface area contributed by atoms with Gasteiger partial charge < -0.3 is 9.47 Å². The predicted octanol–water partition coefficient (Wildman–Crippen LogP) is 0.874. The number of esters is 2. The van der Waals surface area contributed by atoms with Crippen molar-refractivity contribution in [3.05, 3.63) is 0 Å². The zero-order valence-corrected chi connectivity index (χ0v) is 9.61. The number of ether oxygens (including phenoxy) is 2. The number of rotatable bonds is 2. The van der Waals surface area contributed by atoms with Crippen LogP contribution in [0.5, 0.6) is 0 Å². The van der Waals surface area contributed by atoms with Crippen molar-refractivity contribution in [2.24, 2.45) is 17.8 Å². The molecule has 3 rings (SSSR count). The molecule has 15 heavy (non-hydrogen) atoms. The molecule has 2 aliphatic carbocycles. The second kappa shape index (κ2) is 3.20. The lowest BCUT2D eigenvalue weighted by atomic mass is 9.88. The third-order valence-corrected chi connectivity index (χ3v) is 4.25. The van der Waals surface area contributed by atoms with Crippen molar-refractivity contribution in [2.75, 3.05) is 5.33 Å². The van der Waals surface area contributed by atoms with Crippen LogP contribution in [0.4, 0.5) is 0 Å². The van der Waals surface area contributed by atoms with Gasteiger partial charge >= 0.3 is 11.9 Å². The molecular weight excluding hydrogens is 264 g/mol. The average molecular weight is 275 g/mol. The quantitative estimate of drug-likeness (QED) is 0.554. The fraction of sp³-hybridized carbons (Fsp3) is 0.800. The van der Waals surface area contributed by atoms with Gasteiger partial charge in [0.2, 0.25) is 0 Å². The van der Waals surface area contributed by atoms with E-state index in [2.05, 4.69) is 15.9 Å². The number of carbonyl (C=O) groups excluding carboxylic acids is 2. The Morgan fingerprint density at radius 2 is 2.33 bits per heavy atom. The summed E-state index contributed by atoms with van der Waals surface area (Å²) in [7, 11) is 0. The fourth-order valence-corrected chi connectivity index (χ4v) is 3.38. The fourth-order valence-electron chi connectivity index (χ4n) is 3.25. The highest BCUT2D eigenvalue weighted by Crippen LogP contribution is 2.55. The van der Waals surface area contributed by atoms with Crippen LogP contribution in [0, 0.1) is 17.8 Å². The maximum atomic E-state index is 11.4. The molecule has 1 heterocycles. The molecule has 3 aliphatic rings. The molecule has 0 aromatic rings. The van der Waals surface area contributed by atoms with Gasteiger partial charge in [-0.2, -0.15) is 0 Å². The largest absolute Gasteiger partial charge is 0.458 e. The van der Waals surface area contributed by atoms with Crippen LogP contribution < -0.4 is 0 Å². The molecule has 0 amide bonds. The second-order valence-corrected chi connectivity index (χ2v) is 5.05. The Labute approximate surface area is 95.4 Å². The lowest BCUT2D eigenvalue weighted by molar-refractivity contribution is -0.159. The van der Waals surface area contributed by atoms with Crippen molar-refractivity contribution in [3.8, 4) is 0 Å². The molecule has 4 nitrogen and oxygen atoms in total. The third-order valence-electron chi connectivity index (χ3n) is 3.79. The predicted molar refractivity (Wildman–Crippen MR) is 53.3 cm³/mol. The molecule has 0 N–H and O–H groups in total. The normalized spacial score (nSPS) is 45.7. The van der Waals surface area contributed by atoms with E-state index in [0.29, 0.717) is 11.8 Å². The minimum Gasteiger partial charge on any atom is -0.458 e. The highest BCUT2D eigenvalue weighted by molar-refractivity contribution is 9.09. The zero-order valence-electron chi connectivity index (χ0n) is 8.02. The van der Waals surface area contributed by atoms with Crippen LogP contribution in [0.1, 0.15) is 12.8 Å². The van der Waals surface area contributed by atoms with Crippen molar-refractivity contribution >= 4 is 27.9 Å². The molecular formula is C10H11BrO4. The first-order valence-corrected chi connectivity index (χ1v) is 6.29. The Kier molecular flexibility index (Phi) is 2.06. The molecule has 0 spiro atoms. The van der Waals surface area contributed by atoms with Gasteiger partial charge in [0.05, 0.1) is 5.92 Å². The lowest BCUT2D eigenvalue weighted by Gasteiger charge is -2.24. The summed E-state index contributed by atoms with van der Waals surface area (Å²) >= 11 is 3.06. The first kappa shape index (κ1) is 9.63. The van der Waals surface area contributed by atoms with E-state index in [0.717, 1.165) is 12.8 Å². The van der Waals surface area contributed by atoms with E-state index >= 15 is 0 Å². The van der Waals surface area contributed by atoms with Gasteiger partial charge in [0, 0.05) is 11.8 Å². The summed E-state index contributed by atoms with van der Waals surface area (Å²) in [6.45, 7) is 0. The molecule has 2 saturated carbocycles. The minimum atomic E-state index is -0.271. The molecule has 3 fully saturated rings. The number of hydrogen-bond donors (Lipinski definition) is 0. The van der Waals surface area contributed by atoms with Crippen LogP contribution in [0.2, 0.25) is 0 Å². The summed E-state index contributed by atoms with van der Waals surface area (Å²) in [5, 5.41) is 0.199. The van der Waals surface area contributed by atoms with Gasteiger partial charge in [0.15, 0.2) is 0 Å². The van der Waals surface area contributed by atoms with E-state index in [9.17, 15) is 9.59 Å². The molecule has 2 bridgehead atoms. The molecule has 5 atom stereocenters. The Balaban J connectivity index is 1.78. The summed E-state index contributed by atoms with van der Waals surface area (Å²) in [5.41, 5.74) is 0. The number of halogens is 1. The molecule has 0 aromatic carbocycles. The van der Waals surface area contributed by atoms with Gasteiger partial charge in [-0.05, 0) is 12.8 Å². The van der Waals surface area contributed by atoms with Gasteiger partial charge in [0.25, 0.3) is 0 Å². The molecule has 1 saturated heterocycles. The molecule has 0 radical (unpaired) electrons. The SMILES string of the molecule is O=C(CBr)OC1C2CC3C(=O)OC1C3C2. The van der Waals surface area contributed by atoms with Crippen molar-refractivity contribution in [3.63, 3.8) is 0 Å². The topological polar surface area (TPSA) is 52.6 Å². The number of hydrogen-bond acceptors (Lipinski definition) is 4. The smallest absolute Gasteiger partial charge is 0.316 e. The Hall–Kier alpha value is -0.580. The highest BCUT2D eigenvalue weighted by atomic mass is 79.9. The minimum absolute atomic E-state index is 0.0823. The Bertz CT molecular complexity index is 329. The molecule has 5 unspecified atom stereocenters. The number of carbonyl (C=O) groups is 2. The maximum Gasteiger partial charge on any atom is 0.316 e. The summed E-state index contributed by atoms with van der Waals surface area (Å²) in [5.74, 6) is 0.353. The molecule has 0 aromatic heterocycles. The number of fused-ring (bicyclic) bond motifs is 1. The average Bonchev–Trinajstić information content (AvgIpc) is 2.81. The van der Waals surface area contributed by atoms with Gasteiger partial charge in [-0.15, -0.1) is 0 Å². The van der Waals surface area contributed by atoms with Crippen LogP contribution in [-0.2, 0) is 19.1 Å². The zero-order chi connectivity index (χ0) is 10.6. The number of alkyl halides is 1. The summed E-state index contributed by atoms with van der Waals surface area (Å²) < 4.78 is 10.6. The standard InChI is InChI=1S/C10H11BrO4/c11-3-7(12)14-8-4-1-5-6(2-4)10(13)15-9(5)8/h4-6,8-9H,1-3H2. The highest BCUT2D eigenvalue weighted by Gasteiger charge is 2.63. The summed E-state index contributed by atoms with van der Waals surface area (Å²) in [6.07, 6.45) is 1.45. The van der Waals surface area contributed by atoms with E-state index in [4.69, 9.17) is 9.47 Å². The Morgan fingerprint density at radius 3 is 3.07 bits per heavy atom. The first-order valence-electron chi connectivity index (χ1n) is 5.16. The van der Waals surface area contributed by atoms with E-state index in [-0.39, 0.29) is 35.4 Å². The van der Waals surface area contributed by atoms with Crippen molar-refractivity contribution in [2.45, 2.75) is 25.0 Å². The van der Waals surface area contributed by atoms with Gasteiger partial charge in [-0.1, -0.05) is 15.9 Å². The van der Waals surface area contributed by atoms with Gasteiger partial charge in [-0.3, -0.25) is 9.59 Å². The van der Waals surface area contributed by atoms with Crippen molar-refractivity contribution in [1.29, 1.82) is 0 Å². The van der Waals surface area contributed by atoms with Crippen LogP contribution in [0.3, 0.4) is 0 Å². The van der Waals surface area contributed by atoms with Crippen LogP contribution in [0.15, 0.2) is 0 Å². The third kappa shape index (κ3) is 1.25. The first-order chi connectivity index (χ1) is 7.20. The van der Waals surface area contributed by atoms with Gasteiger partial charge in [0.1, 0.15) is 17.5 Å². The summed E-state index contributed by atoms with van der Waals surface area (Å²) in [4.78, 5) is 22.6. The van der Waals surface area contributed by atoms with Crippen molar-refractivity contribution < 1.29 is 19.1 Å². The monoisotopic (exact) mass is 274 g/mol. The van der Waals surface area contributed by atoms with Crippen LogP contribution in [-0.4, -0.2) is 29.5 Å². The van der Waals surface area contributed by atoms with E-state index in [1.807, 2.05) is 0 Å². The maximum absolute atomic E-state index is 11.4. The Morgan fingerprint density at radius 1 is 1.53 bits per heavy atom. The van der Waals surface area contributed by atoms with E-state index in [1.165, 1.54) is 0 Å². The molecule has 5 heteroatoms. The van der Waals surface area contributed by atoms with E-state index < -0.39 is 0 Å². The van der Waals surface area contributed by atoms with Gasteiger partial charge in [-0.25, -0.2) is 0 Å². The lowest BCUT2D eigenvalue weighted by Crippen LogP contribution is -2.36. The summed E-state index contributed by atoms with van der Waals surface area (Å²) in [6, 6.07) is 0. The molecule has 1 aliphatic heterocycles. The van der Waals surface area contributed by atoms with Crippen molar-refractivity contribution in [1.82, 2.24) is 0 Å². The van der Waals surface area contributed by atoms with E-state index in [1.54, 1.807) is 0 Å². The van der Waals surface area contributed by atoms with Crippen LogP contribution >= 0.6 is 15.9 Å². The van der Waals surface area contributed by atoms with Crippen LogP contribution in [0.25, 0.3) is 0 Å². The molecule has 82 valence electrons. The second-order valence-electron chi connectivity index (χ2n) is 4.49.